The smallest absolute Gasteiger partial charge is 0.319 e. The van der Waals surface area contributed by atoms with E-state index in [1.807, 2.05) is 31.2 Å². The highest BCUT2D eigenvalue weighted by Crippen LogP contribution is 2.30. The van der Waals surface area contributed by atoms with Gasteiger partial charge in [0.15, 0.2) is 0 Å². The summed E-state index contributed by atoms with van der Waals surface area (Å²) < 4.78 is 0. The lowest BCUT2D eigenvalue weighted by Crippen LogP contribution is -2.41. The molecule has 1 aromatic heterocycles. The predicted molar refractivity (Wildman–Crippen MR) is 91.3 cm³/mol. The molecule has 5 nitrogen and oxygen atoms in total. The van der Waals surface area contributed by atoms with Gasteiger partial charge in [0.2, 0.25) is 0 Å². The fraction of sp³-hybridized carbons (Fsp3) is 0.333. The fourth-order valence-electron chi connectivity index (χ4n) is 3.18. The maximum atomic E-state index is 12.3. The molecule has 2 amide bonds. The summed E-state index contributed by atoms with van der Waals surface area (Å²) in [6.07, 6.45) is 4.36. The molecule has 120 valence electrons. The van der Waals surface area contributed by atoms with Crippen LogP contribution in [0.4, 0.5) is 10.5 Å². The molecule has 0 radical (unpaired) electrons. The van der Waals surface area contributed by atoms with Gasteiger partial charge < -0.3 is 10.6 Å². The van der Waals surface area contributed by atoms with Crippen LogP contribution in [0.2, 0.25) is 0 Å². The van der Waals surface area contributed by atoms with Gasteiger partial charge >= 0.3 is 6.03 Å². The van der Waals surface area contributed by atoms with Crippen molar-refractivity contribution in [3.05, 3.63) is 59.9 Å². The number of likely N-dealkylation sites (N-methyl/N-ethyl adjacent to an activating group) is 1. The normalized spacial score (nSPS) is 21.1. The Morgan fingerprint density at radius 3 is 2.78 bits per heavy atom. The Labute approximate surface area is 136 Å². The van der Waals surface area contributed by atoms with E-state index < -0.39 is 0 Å². The Kier molecular flexibility index (Phi) is 4.57. The topological polar surface area (TPSA) is 57.3 Å². The minimum Gasteiger partial charge on any atom is -0.333 e. The van der Waals surface area contributed by atoms with E-state index in [-0.39, 0.29) is 18.1 Å². The minimum atomic E-state index is -0.166. The molecule has 1 aliphatic heterocycles. The van der Waals surface area contributed by atoms with Gasteiger partial charge in [-0.05, 0) is 37.6 Å². The molecule has 0 unspecified atom stereocenters. The number of rotatable bonds is 3. The molecule has 0 spiro atoms. The second kappa shape index (κ2) is 6.79. The van der Waals surface area contributed by atoms with Gasteiger partial charge in [-0.15, -0.1) is 0 Å². The molecule has 0 bridgehead atoms. The van der Waals surface area contributed by atoms with Crippen LogP contribution >= 0.6 is 0 Å². The first kappa shape index (κ1) is 15.5. The minimum absolute atomic E-state index is 0.101. The summed E-state index contributed by atoms with van der Waals surface area (Å²) in [7, 11) is 2.10. The monoisotopic (exact) mass is 310 g/mol. The van der Waals surface area contributed by atoms with Crippen molar-refractivity contribution in [2.75, 3.05) is 18.9 Å². The summed E-state index contributed by atoms with van der Waals surface area (Å²) in [5.74, 6) is 0. The van der Waals surface area contributed by atoms with Crippen LogP contribution in [0.3, 0.4) is 0 Å². The maximum Gasteiger partial charge on any atom is 0.319 e. The highest BCUT2D eigenvalue weighted by molar-refractivity contribution is 5.90. The molecular weight excluding hydrogens is 288 g/mol. The van der Waals surface area contributed by atoms with E-state index in [2.05, 4.69) is 39.7 Å². The predicted octanol–water partition coefficient (Wildman–Crippen LogP) is 2.96. The van der Waals surface area contributed by atoms with Gasteiger partial charge in [0, 0.05) is 24.6 Å². The second-order valence-corrected chi connectivity index (χ2v) is 6.02. The first-order valence-corrected chi connectivity index (χ1v) is 7.88. The summed E-state index contributed by atoms with van der Waals surface area (Å²) in [5.41, 5.74) is 2.98. The summed E-state index contributed by atoms with van der Waals surface area (Å²) in [6.45, 7) is 2.90. The van der Waals surface area contributed by atoms with E-state index in [4.69, 9.17) is 0 Å². The van der Waals surface area contributed by atoms with Gasteiger partial charge in [-0.1, -0.05) is 30.3 Å². The lowest BCUT2D eigenvalue weighted by molar-refractivity contribution is 0.240. The van der Waals surface area contributed by atoms with Crippen LogP contribution in [0.1, 0.15) is 23.6 Å². The van der Waals surface area contributed by atoms with Crippen LogP contribution in [0.5, 0.6) is 0 Å². The standard InChI is InChI=1S/C18H22N4O/c1-13-12-19-10-8-15(13)20-18(23)21-16-9-11-22(2)17(16)14-6-4-3-5-7-14/h3-8,10,12,16-17H,9,11H2,1-2H3,(H2,19,20,21,23)/t16-,17-/m1/s1. The van der Waals surface area contributed by atoms with E-state index in [0.29, 0.717) is 0 Å². The van der Waals surface area contributed by atoms with Gasteiger partial charge in [-0.25, -0.2) is 4.79 Å². The van der Waals surface area contributed by atoms with Gasteiger partial charge in [-0.2, -0.15) is 0 Å². The van der Waals surface area contributed by atoms with Gasteiger partial charge in [0.25, 0.3) is 0 Å². The third-order valence-electron chi connectivity index (χ3n) is 4.37. The number of benzene rings is 1. The van der Waals surface area contributed by atoms with E-state index >= 15 is 0 Å². The van der Waals surface area contributed by atoms with E-state index in [9.17, 15) is 4.79 Å². The Balaban J connectivity index is 1.69. The molecule has 3 rings (SSSR count). The molecule has 2 heterocycles. The number of aromatic nitrogens is 1. The maximum absolute atomic E-state index is 12.3. The molecule has 2 aromatic rings. The number of anilines is 1. The number of pyridine rings is 1. The van der Waals surface area contributed by atoms with Crippen LogP contribution in [-0.2, 0) is 0 Å². The second-order valence-electron chi connectivity index (χ2n) is 6.02. The van der Waals surface area contributed by atoms with Crippen molar-refractivity contribution in [3.63, 3.8) is 0 Å². The van der Waals surface area contributed by atoms with Gasteiger partial charge in [0.1, 0.15) is 0 Å². The van der Waals surface area contributed by atoms with Crippen LogP contribution < -0.4 is 10.6 Å². The Hall–Kier alpha value is -2.40. The molecule has 1 fully saturated rings. The van der Waals surface area contributed by atoms with Crippen LogP contribution in [-0.4, -0.2) is 35.5 Å². The van der Waals surface area contributed by atoms with Crippen LogP contribution in [0, 0.1) is 6.92 Å². The number of urea groups is 1. The number of hydrogen-bond donors (Lipinski definition) is 2. The summed E-state index contributed by atoms with van der Waals surface area (Å²) >= 11 is 0. The first-order valence-electron chi connectivity index (χ1n) is 7.88. The fourth-order valence-corrected chi connectivity index (χ4v) is 3.18. The van der Waals surface area contributed by atoms with Crippen LogP contribution in [0.15, 0.2) is 48.8 Å². The molecule has 1 saturated heterocycles. The summed E-state index contributed by atoms with van der Waals surface area (Å²) in [4.78, 5) is 18.7. The summed E-state index contributed by atoms with van der Waals surface area (Å²) in [6, 6.07) is 12.3. The quantitative estimate of drug-likeness (QED) is 0.916. The molecule has 2 atom stereocenters. The lowest BCUT2D eigenvalue weighted by atomic mass is 10.0. The van der Waals surface area contributed by atoms with Crippen molar-refractivity contribution in [3.8, 4) is 0 Å². The van der Waals surface area contributed by atoms with Crippen molar-refractivity contribution in [1.29, 1.82) is 0 Å². The molecule has 1 aromatic carbocycles. The average Bonchev–Trinajstić information content (AvgIpc) is 2.91. The number of hydrogen-bond acceptors (Lipinski definition) is 3. The van der Waals surface area contributed by atoms with E-state index in [1.165, 1.54) is 5.56 Å². The largest absolute Gasteiger partial charge is 0.333 e. The number of carbonyl (C=O) groups excluding carboxylic acids is 1. The van der Waals surface area contributed by atoms with Crippen LogP contribution in [0.25, 0.3) is 0 Å². The van der Waals surface area contributed by atoms with Crippen molar-refractivity contribution < 1.29 is 4.79 Å². The third-order valence-corrected chi connectivity index (χ3v) is 4.37. The molecular formula is C18H22N4O. The zero-order valence-electron chi connectivity index (χ0n) is 13.5. The Morgan fingerprint density at radius 1 is 1.26 bits per heavy atom. The number of likely N-dealkylation sites (tertiary alicyclic amines) is 1. The van der Waals surface area contributed by atoms with Crippen molar-refractivity contribution >= 4 is 11.7 Å². The number of nitrogens with zero attached hydrogens (tertiary/aromatic N) is 2. The zero-order valence-corrected chi connectivity index (χ0v) is 13.5. The lowest BCUT2D eigenvalue weighted by Gasteiger charge is -2.26. The highest BCUT2D eigenvalue weighted by atomic mass is 16.2. The first-order chi connectivity index (χ1) is 11.1. The van der Waals surface area contributed by atoms with Crippen molar-refractivity contribution in [2.24, 2.45) is 0 Å². The molecule has 2 N–H and O–H groups in total. The molecule has 0 saturated carbocycles. The van der Waals surface area contributed by atoms with Gasteiger partial charge in [-0.3, -0.25) is 9.88 Å². The highest BCUT2D eigenvalue weighted by Gasteiger charge is 2.33. The summed E-state index contributed by atoms with van der Waals surface area (Å²) in [5, 5.41) is 6.04. The molecule has 1 aliphatic rings. The number of aryl methyl sites for hydroxylation is 1. The Morgan fingerprint density at radius 2 is 2.04 bits per heavy atom. The van der Waals surface area contributed by atoms with Crippen molar-refractivity contribution in [1.82, 2.24) is 15.2 Å². The van der Waals surface area contributed by atoms with E-state index in [1.54, 1.807) is 12.4 Å². The van der Waals surface area contributed by atoms with Gasteiger partial charge in [0.05, 0.1) is 12.1 Å². The molecule has 0 aliphatic carbocycles. The van der Waals surface area contributed by atoms with Crippen molar-refractivity contribution in [2.45, 2.75) is 25.4 Å². The number of carbonyl (C=O) groups is 1. The third kappa shape index (κ3) is 3.51. The molecule has 23 heavy (non-hydrogen) atoms. The SMILES string of the molecule is Cc1cnccc1NC(=O)N[C@@H]1CCN(C)[C@@H]1c1ccccc1. The average molecular weight is 310 g/mol. The number of amides is 2. The van der Waals surface area contributed by atoms with E-state index in [0.717, 1.165) is 24.2 Å². The Bertz CT molecular complexity index is 674. The zero-order chi connectivity index (χ0) is 16.2. The number of nitrogens with one attached hydrogen (secondary N) is 2. The molecule has 5 heteroatoms.